The lowest BCUT2D eigenvalue weighted by atomic mass is 10.1. The molecule has 0 spiro atoms. The minimum Gasteiger partial charge on any atom is -0.367 e. The van der Waals surface area contributed by atoms with Gasteiger partial charge in [0.05, 0.1) is 19.1 Å². The molecule has 1 N–H and O–H groups in total. The van der Waals surface area contributed by atoms with E-state index in [1.165, 1.54) is 6.20 Å². The summed E-state index contributed by atoms with van der Waals surface area (Å²) in [6, 6.07) is 16.2. The number of rotatable bonds is 7. The standard InChI is InChI=1S/C20H18F3N3O2/c21-20(22,23)13-28-12-16-8-6-15(7-9-16)10-25-19(27)18-11-24-14-26(18)17-4-2-1-3-5-17/h1-9,11,14H,10,12-13H2,(H,25,27). The first-order chi connectivity index (χ1) is 13.4. The van der Waals surface area contributed by atoms with Crippen LogP contribution >= 0.6 is 0 Å². The van der Waals surface area contributed by atoms with Crippen LogP contribution in [0.3, 0.4) is 0 Å². The molecule has 1 aromatic heterocycles. The number of imidazole rings is 1. The molecule has 0 aliphatic heterocycles. The van der Waals surface area contributed by atoms with E-state index in [4.69, 9.17) is 0 Å². The van der Waals surface area contributed by atoms with Crippen molar-refractivity contribution in [2.75, 3.05) is 6.61 Å². The average Bonchev–Trinajstić information content (AvgIpc) is 3.17. The number of para-hydroxylation sites is 1. The summed E-state index contributed by atoms with van der Waals surface area (Å²) in [5.74, 6) is -0.279. The molecule has 0 saturated carbocycles. The Hall–Kier alpha value is -3.13. The number of benzene rings is 2. The number of hydrogen-bond donors (Lipinski definition) is 1. The van der Waals surface area contributed by atoms with Gasteiger partial charge in [-0.3, -0.25) is 9.36 Å². The molecule has 1 heterocycles. The monoisotopic (exact) mass is 389 g/mol. The summed E-state index contributed by atoms with van der Waals surface area (Å²) in [6.45, 7) is -1.12. The third-order valence-electron chi connectivity index (χ3n) is 3.92. The van der Waals surface area contributed by atoms with Crippen LogP contribution in [0.2, 0.25) is 0 Å². The SMILES string of the molecule is O=C(NCc1ccc(COCC(F)(F)F)cc1)c1cncn1-c1ccccc1. The lowest BCUT2D eigenvalue weighted by Gasteiger charge is -2.10. The third kappa shape index (κ3) is 5.43. The van der Waals surface area contributed by atoms with Crippen LogP contribution in [0.5, 0.6) is 0 Å². The van der Waals surface area contributed by atoms with E-state index in [1.807, 2.05) is 30.3 Å². The zero-order valence-electron chi connectivity index (χ0n) is 14.8. The van der Waals surface area contributed by atoms with Gasteiger partial charge in [-0.05, 0) is 23.3 Å². The zero-order valence-corrected chi connectivity index (χ0v) is 14.8. The molecule has 0 unspecified atom stereocenters. The van der Waals surface area contributed by atoms with Crippen LogP contribution in [0.15, 0.2) is 67.1 Å². The van der Waals surface area contributed by atoms with Gasteiger partial charge in [-0.15, -0.1) is 0 Å². The van der Waals surface area contributed by atoms with Crippen molar-refractivity contribution in [1.29, 1.82) is 0 Å². The maximum absolute atomic E-state index is 12.5. The maximum Gasteiger partial charge on any atom is 0.411 e. The predicted octanol–water partition coefficient (Wildman–Crippen LogP) is 3.88. The van der Waals surface area contributed by atoms with E-state index in [2.05, 4.69) is 15.0 Å². The Morgan fingerprint density at radius 2 is 1.71 bits per heavy atom. The van der Waals surface area contributed by atoms with E-state index < -0.39 is 12.8 Å². The number of hydrogen-bond acceptors (Lipinski definition) is 3. The summed E-state index contributed by atoms with van der Waals surface area (Å²) in [6.07, 6.45) is -1.28. The number of amides is 1. The lowest BCUT2D eigenvalue weighted by Crippen LogP contribution is -2.25. The van der Waals surface area contributed by atoms with E-state index in [0.29, 0.717) is 11.3 Å². The van der Waals surface area contributed by atoms with Crippen molar-refractivity contribution in [2.24, 2.45) is 0 Å². The topological polar surface area (TPSA) is 56.1 Å². The highest BCUT2D eigenvalue weighted by atomic mass is 19.4. The van der Waals surface area contributed by atoms with Crippen molar-refractivity contribution in [3.8, 4) is 5.69 Å². The smallest absolute Gasteiger partial charge is 0.367 e. The molecule has 0 fully saturated rings. The highest BCUT2D eigenvalue weighted by Crippen LogP contribution is 2.16. The van der Waals surface area contributed by atoms with Gasteiger partial charge < -0.3 is 10.1 Å². The fourth-order valence-electron chi connectivity index (χ4n) is 2.57. The maximum atomic E-state index is 12.5. The number of ether oxygens (including phenoxy) is 1. The quantitative estimate of drug-likeness (QED) is 0.667. The Balaban J connectivity index is 1.55. The molecule has 0 saturated heterocycles. The normalized spacial score (nSPS) is 11.4. The van der Waals surface area contributed by atoms with Crippen molar-refractivity contribution in [3.63, 3.8) is 0 Å². The van der Waals surface area contributed by atoms with Gasteiger partial charge in [-0.25, -0.2) is 4.98 Å². The molecule has 1 amide bonds. The van der Waals surface area contributed by atoms with Crippen molar-refractivity contribution in [3.05, 3.63) is 83.9 Å². The molecule has 5 nitrogen and oxygen atoms in total. The molecule has 2 aromatic carbocycles. The molecule has 3 rings (SSSR count). The van der Waals surface area contributed by atoms with Crippen molar-refractivity contribution in [1.82, 2.24) is 14.9 Å². The number of alkyl halides is 3. The fourth-order valence-corrected chi connectivity index (χ4v) is 2.57. The van der Waals surface area contributed by atoms with Gasteiger partial charge in [0, 0.05) is 12.2 Å². The second-order valence-corrected chi connectivity index (χ2v) is 6.09. The van der Waals surface area contributed by atoms with Crippen molar-refractivity contribution < 1.29 is 22.7 Å². The van der Waals surface area contributed by atoms with Crippen LogP contribution < -0.4 is 5.32 Å². The van der Waals surface area contributed by atoms with Gasteiger partial charge in [-0.2, -0.15) is 13.2 Å². The summed E-state index contributed by atoms with van der Waals surface area (Å²) in [5, 5.41) is 2.81. The number of halogens is 3. The largest absolute Gasteiger partial charge is 0.411 e. The molecule has 28 heavy (non-hydrogen) atoms. The Morgan fingerprint density at radius 3 is 2.39 bits per heavy atom. The number of aromatic nitrogens is 2. The minimum atomic E-state index is -4.34. The summed E-state index contributed by atoms with van der Waals surface area (Å²) in [4.78, 5) is 16.5. The fraction of sp³-hybridized carbons (Fsp3) is 0.200. The third-order valence-corrected chi connectivity index (χ3v) is 3.92. The second kappa shape index (κ2) is 8.71. The van der Waals surface area contributed by atoms with Crippen molar-refractivity contribution >= 4 is 5.91 Å². The molecule has 0 radical (unpaired) electrons. The van der Waals surface area contributed by atoms with E-state index in [-0.39, 0.29) is 19.1 Å². The second-order valence-electron chi connectivity index (χ2n) is 6.09. The van der Waals surface area contributed by atoms with Crippen molar-refractivity contribution in [2.45, 2.75) is 19.3 Å². The molecule has 0 aliphatic rings. The number of carbonyl (C=O) groups excluding carboxylic acids is 1. The first-order valence-electron chi connectivity index (χ1n) is 8.51. The molecular formula is C20H18F3N3O2. The van der Waals surface area contributed by atoms with Crippen LogP contribution in [-0.2, 0) is 17.9 Å². The first kappa shape index (κ1) is 19.6. The molecule has 146 valence electrons. The van der Waals surface area contributed by atoms with Crippen LogP contribution in [0, 0.1) is 0 Å². The van der Waals surface area contributed by atoms with E-state index in [1.54, 1.807) is 35.2 Å². The van der Waals surface area contributed by atoms with E-state index in [9.17, 15) is 18.0 Å². The zero-order chi connectivity index (χ0) is 20.0. The molecule has 3 aromatic rings. The minimum absolute atomic E-state index is 0.123. The van der Waals surface area contributed by atoms with Gasteiger partial charge in [0.1, 0.15) is 12.3 Å². The first-order valence-corrected chi connectivity index (χ1v) is 8.51. The van der Waals surface area contributed by atoms with Crippen LogP contribution in [0.1, 0.15) is 21.6 Å². The highest BCUT2D eigenvalue weighted by Gasteiger charge is 2.27. The van der Waals surface area contributed by atoms with Gasteiger partial charge in [0.15, 0.2) is 0 Å². The van der Waals surface area contributed by atoms with Gasteiger partial charge in [0.2, 0.25) is 0 Å². The molecule has 8 heteroatoms. The molecule has 0 aliphatic carbocycles. The van der Waals surface area contributed by atoms with Gasteiger partial charge in [0.25, 0.3) is 5.91 Å². The molecular weight excluding hydrogens is 371 g/mol. The summed E-state index contributed by atoms with van der Waals surface area (Å²) < 4.78 is 42.6. The summed E-state index contributed by atoms with van der Waals surface area (Å²) in [5.41, 5.74) is 2.68. The van der Waals surface area contributed by atoms with E-state index >= 15 is 0 Å². The lowest BCUT2D eigenvalue weighted by molar-refractivity contribution is -0.176. The van der Waals surface area contributed by atoms with Crippen LogP contribution in [0.4, 0.5) is 13.2 Å². The van der Waals surface area contributed by atoms with Crippen LogP contribution in [0.25, 0.3) is 5.69 Å². The summed E-state index contributed by atoms with van der Waals surface area (Å²) in [7, 11) is 0. The Kier molecular flexibility index (Phi) is 6.10. The number of carbonyl (C=O) groups is 1. The Labute approximate surface area is 159 Å². The predicted molar refractivity (Wildman–Crippen MR) is 96.9 cm³/mol. The average molecular weight is 389 g/mol. The Bertz CT molecular complexity index is 906. The number of nitrogens with zero attached hydrogens (tertiary/aromatic N) is 2. The molecule has 0 atom stereocenters. The van der Waals surface area contributed by atoms with Gasteiger partial charge >= 0.3 is 6.18 Å². The Morgan fingerprint density at radius 1 is 1.04 bits per heavy atom. The number of nitrogens with one attached hydrogen (secondary N) is 1. The highest BCUT2D eigenvalue weighted by molar-refractivity contribution is 5.92. The molecule has 0 bridgehead atoms. The summed E-state index contributed by atoms with van der Waals surface area (Å²) >= 11 is 0. The van der Waals surface area contributed by atoms with Gasteiger partial charge in [-0.1, -0.05) is 42.5 Å². The van der Waals surface area contributed by atoms with Crippen LogP contribution in [-0.4, -0.2) is 28.2 Å². The van der Waals surface area contributed by atoms with E-state index in [0.717, 1.165) is 11.3 Å².